The van der Waals surface area contributed by atoms with E-state index in [9.17, 15) is 9.18 Å². The lowest BCUT2D eigenvalue weighted by atomic mass is 9.48. The van der Waals surface area contributed by atoms with Gasteiger partial charge < -0.3 is 5.32 Å². The fraction of sp³-hybridized carbons (Fsp3) is 0.682. The van der Waals surface area contributed by atoms with Gasteiger partial charge in [-0.05, 0) is 93.4 Å². The number of rotatable bonds is 6. The summed E-state index contributed by atoms with van der Waals surface area (Å²) in [6, 6.07) is 6.77. The summed E-state index contributed by atoms with van der Waals surface area (Å²) in [5.41, 5.74) is 1.37. The van der Waals surface area contributed by atoms with Gasteiger partial charge in [0.2, 0.25) is 5.91 Å². The number of hydrogen-bond donors (Lipinski definition) is 1. The van der Waals surface area contributed by atoms with Crippen LogP contribution in [0.5, 0.6) is 0 Å². The molecule has 1 N–H and O–H groups in total. The maximum Gasteiger partial charge on any atom is 0.234 e. The molecule has 142 valence electrons. The van der Waals surface area contributed by atoms with Crippen LogP contribution in [-0.2, 0) is 11.3 Å². The highest BCUT2D eigenvalue weighted by atomic mass is 19.1. The average Bonchev–Trinajstić information content (AvgIpc) is 2.55. The van der Waals surface area contributed by atoms with E-state index in [1.165, 1.54) is 50.7 Å². The van der Waals surface area contributed by atoms with Gasteiger partial charge >= 0.3 is 0 Å². The number of likely N-dealkylation sites (N-methyl/N-ethyl adjacent to an activating group) is 1. The van der Waals surface area contributed by atoms with Crippen molar-refractivity contribution in [1.29, 1.82) is 0 Å². The molecule has 0 heterocycles. The van der Waals surface area contributed by atoms with Crippen molar-refractivity contribution < 1.29 is 9.18 Å². The number of carbonyl (C=O) groups is 1. The predicted molar refractivity (Wildman–Crippen MR) is 101 cm³/mol. The molecule has 4 heteroatoms. The SMILES string of the molecule is C[C@H](NC(=O)CN(C)Cc1ccc(F)cc1)C12CC3CC(CC(C3)C1)C2. The number of benzene rings is 1. The number of nitrogens with zero attached hydrogens (tertiary/aromatic N) is 1. The normalized spacial score (nSPS) is 33.5. The zero-order chi connectivity index (χ0) is 18.3. The Hall–Kier alpha value is -1.42. The highest BCUT2D eigenvalue weighted by molar-refractivity contribution is 5.78. The first-order chi connectivity index (χ1) is 12.4. The van der Waals surface area contributed by atoms with E-state index >= 15 is 0 Å². The second-order valence-electron chi connectivity index (χ2n) is 9.37. The molecule has 4 aliphatic rings. The third kappa shape index (κ3) is 3.66. The highest BCUT2D eigenvalue weighted by Crippen LogP contribution is 2.61. The average molecular weight is 359 g/mol. The van der Waals surface area contributed by atoms with Crippen molar-refractivity contribution in [1.82, 2.24) is 10.2 Å². The second kappa shape index (κ2) is 6.95. The molecule has 4 bridgehead atoms. The Morgan fingerprint density at radius 3 is 2.23 bits per heavy atom. The molecule has 4 aliphatic carbocycles. The third-order valence-corrected chi connectivity index (χ3v) is 7.16. The van der Waals surface area contributed by atoms with Gasteiger partial charge in [0.15, 0.2) is 0 Å². The molecule has 1 amide bonds. The molecule has 5 rings (SSSR count). The molecule has 0 spiro atoms. The Morgan fingerprint density at radius 2 is 1.69 bits per heavy atom. The maximum absolute atomic E-state index is 13.0. The fourth-order valence-electron chi connectivity index (χ4n) is 6.35. The molecular formula is C22H31FN2O. The predicted octanol–water partition coefficient (Wildman–Crippen LogP) is 3.98. The molecule has 1 atom stereocenters. The zero-order valence-corrected chi connectivity index (χ0v) is 16.0. The minimum atomic E-state index is -0.224. The Kier molecular flexibility index (Phi) is 4.81. The standard InChI is InChI=1S/C22H31FN2O/c1-15(22-10-17-7-18(11-22)9-19(8-17)12-22)24-21(26)14-25(2)13-16-3-5-20(23)6-4-16/h3-6,15,17-19H,7-14H2,1-2H3,(H,24,26)/t15-,17?,18?,19?,22?/m0/s1. The van der Waals surface area contributed by atoms with Crippen LogP contribution in [0.1, 0.15) is 51.0 Å². The first-order valence-electron chi connectivity index (χ1n) is 10.1. The van der Waals surface area contributed by atoms with Crippen LogP contribution in [0.2, 0.25) is 0 Å². The largest absolute Gasteiger partial charge is 0.352 e. The van der Waals surface area contributed by atoms with Gasteiger partial charge in [-0.3, -0.25) is 9.69 Å². The summed E-state index contributed by atoms with van der Waals surface area (Å²) in [7, 11) is 1.94. The molecule has 0 radical (unpaired) electrons. The topological polar surface area (TPSA) is 32.3 Å². The highest BCUT2D eigenvalue weighted by Gasteiger charge is 2.53. The lowest BCUT2D eigenvalue weighted by molar-refractivity contribution is -0.126. The summed E-state index contributed by atoms with van der Waals surface area (Å²) in [5, 5.41) is 3.32. The Balaban J connectivity index is 1.31. The third-order valence-electron chi connectivity index (χ3n) is 7.16. The van der Waals surface area contributed by atoms with Crippen molar-refractivity contribution in [3.8, 4) is 0 Å². The second-order valence-corrected chi connectivity index (χ2v) is 9.37. The van der Waals surface area contributed by atoms with Crippen LogP contribution >= 0.6 is 0 Å². The van der Waals surface area contributed by atoms with E-state index in [0.717, 1.165) is 23.3 Å². The van der Waals surface area contributed by atoms with Crippen molar-refractivity contribution in [2.75, 3.05) is 13.6 Å². The lowest BCUT2D eigenvalue weighted by Crippen LogP contribution is -2.56. The summed E-state index contributed by atoms with van der Waals surface area (Å²) >= 11 is 0. The van der Waals surface area contributed by atoms with Crippen molar-refractivity contribution in [2.45, 2.75) is 58.0 Å². The van der Waals surface area contributed by atoms with E-state index in [-0.39, 0.29) is 17.8 Å². The van der Waals surface area contributed by atoms with Crippen LogP contribution in [0.3, 0.4) is 0 Å². The number of halogens is 1. The first-order valence-corrected chi connectivity index (χ1v) is 10.1. The van der Waals surface area contributed by atoms with Crippen molar-refractivity contribution in [3.63, 3.8) is 0 Å². The van der Waals surface area contributed by atoms with E-state index in [0.29, 0.717) is 18.5 Å². The minimum Gasteiger partial charge on any atom is -0.352 e. The van der Waals surface area contributed by atoms with Crippen LogP contribution in [0.15, 0.2) is 24.3 Å². The number of amides is 1. The summed E-state index contributed by atoms with van der Waals surface area (Å²) in [6.45, 7) is 3.26. The smallest absolute Gasteiger partial charge is 0.234 e. The van der Waals surface area contributed by atoms with Crippen LogP contribution < -0.4 is 5.32 Å². The molecule has 0 saturated heterocycles. The van der Waals surface area contributed by atoms with Gasteiger partial charge in [-0.15, -0.1) is 0 Å². The van der Waals surface area contributed by atoms with E-state index in [2.05, 4.69) is 12.2 Å². The molecule has 4 fully saturated rings. The quantitative estimate of drug-likeness (QED) is 0.834. The van der Waals surface area contributed by atoms with Gasteiger partial charge in [-0.2, -0.15) is 0 Å². The van der Waals surface area contributed by atoms with Gasteiger partial charge in [-0.25, -0.2) is 4.39 Å². The van der Waals surface area contributed by atoms with Crippen LogP contribution in [0.25, 0.3) is 0 Å². The summed E-state index contributed by atoms with van der Waals surface area (Å²) in [4.78, 5) is 14.6. The molecule has 0 aliphatic heterocycles. The van der Waals surface area contributed by atoms with Crippen molar-refractivity contribution in [3.05, 3.63) is 35.6 Å². The van der Waals surface area contributed by atoms with Gasteiger partial charge in [0.05, 0.1) is 6.54 Å². The number of carbonyl (C=O) groups excluding carboxylic acids is 1. The summed E-state index contributed by atoms with van der Waals surface area (Å²) in [6.07, 6.45) is 8.23. The van der Waals surface area contributed by atoms with Gasteiger partial charge in [-0.1, -0.05) is 12.1 Å². The van der Waals surface area contributed by atoms with Crippen LogP contribution in [0.4, 0.5) is 4.39 Å². The van der Waals surface area contributed by atoms with Crippen LogP contribution in [-0.4, -0.2) is 30.4 Å². The summed E-state index contributed by atoms with van der Waals surface area (Å²) in [5.74, 6) is 2.60. The molecule has 1 aromatic carbocycles. The van der Waals surface area contributed by atoms with Crippen LogP contribution in [0, 0.1) is 29.0 Å². The number of hydrogen-bond acceptors (Lipinski definition) is 2. The van der Waals surface area contributed by atoms with E-state index in [1.54, 1.807) is 12.1 Å². The molecule has 0 aromatic heterocycles. The maximum atomic E-state index is 13.0. The molecular weight excluding hydrogens is 327 g/mol. The summed E-state index contributed by atoms with van der Waals surface area (Å²) < 4.78 is 13.0. The molecule has 0 unspecified atom stereocenters. The van der Waals surface area contributed by atoms with E-state index < -0.39 is 0 Å². The number of nitrogens with one attached hydrogen (secondary N) is 1. The molecule has 3 nitrogen and oxygen atoms in total. The minimum absolute atomic E-state index is 0.109. The Morgan fingerprint density at radius 1 is 1.15 bits per heavy atom. The van der Waals surface area contributed by atoms with Crippen molar-refractivity contribution >= 4 is 5.91 Å². The van der Waals surface area contributed by atoms with Gasteiger partial charge in [0, 0.05) is 12.6 Å². The van der Waals surface area contributed by atoms with Crippen molar-refractivity contribution in [2.24, 2.45) is 23.2 Å². The fourth-order valence-corrected chi connectivity index (χ4v) is 6.35. The Bertz CT molecular complexity index is 621. The lowest BCUT2D eigenvalue weighted by Gasteiger charge is -2.59. The zero-order valence-electron chi connectivity index (χ0n) is 16.0. The van der Waals surface area contributed by atoms with E-state index in [4.69, 9.17) is 0 Å². The van der Waals surface area contributed by atoms with Gasteiger partial charge in [0.1, 0.15) is 5.82 Å². The van der Waals surface area contributed by atoms with Gasteiger partial charge in [0.25, 0.3) is 0 Å². The molecule has 26 heavy (non-hydrogen) atoms. The Labute approximate surface area is 156 Å². The first kappa shape index (κ1) is 18.0. The molecule has 4 saturated carbocycles. The van der Waals surface area contributed by atoms with E-state index in [1.807, 2.05) is 11.9 Å². The molecule has 1 aromatic rings. The monoisotopic (exact) mass is 358 g/mol.